The van der Waals surface area contributed by atoms with E-state index in [-0.39, 0.29) is 5.02 Å². The first-order chi connectivity index (χ1) is 17.5. The van der Waals surface area contributed by atoms with Crippen molar-refractivity contribution in [2.24, 2.45) is 0 Å². The van der Waals surface area contributed by atoms with Gasteiger partial charge in [-0.05, 0) is 48.4 Å². The molecule has 0 bridgehead atoms. The van der Waals surface area contributed by atoms with Crippen LogP contribution in [0.3, 0.4) is 0 Å². The molecule has 36 heavy (non-hydrogen) atoms. The van der Waals surface area contributed by atoms with Gasteiger partial charge in [0, 0.05) is 49.0 Å². The maximum absolute atomic E-state index is 13.5. The Bertz CT molecular complexity index is 1360. The quantitative estimate of drug-likeness (QED) is 0.215. The number of carbonyl (C=O) groups is 1. The zero-order valence-corrected chi connectivity index (χ0v) is 20.2. The van der Waals surface area contributed by atoms with Gasteiger partial charge in [-0.15, -0.1) is 0 Å². The lowest BCUT2D eigenvalue weighted by Gasteiger charge is -2.14. The lowest BCUT2D eigenvalue weighted by molar-refractivity contribution is -0.137. The van der Waals surface area contributed by atoms with E-state index in [1.165, 1.54) is 18.2 Å². The summed E-state index contributed by atoms with van der Waals surface area (Å²) in [6, 6.07) is 12.0. The zero-order chi connectivity index (χ0) is 25.3. The first-order valence-electron chi connectivity index (χ1n) is 11.3. The Morgan fingerprint density at radius 1 is 1.25 bits per heavy atom. The molecule has 0 fully saturated rings. The molecule has 0 radical (unpaired) electrons. The predicted molar refractivity (Wildman–Crippen MR) is 139 cm³/mol. The van der Waals surface area contributed by atoms with Gasteiger partial charge in [0.05, 0.1) is 18.0 Å². The molecule has 0 aliphatic carbocycles. The van der Waals surface area contributed by atoms with Crippen LogP contribution in [0.1, 0.15) is 12.5 Å². The number of benzene rings is 2. The van der Waals surface area contributed by atoms with Crippen molar-refractivity contribution in [1.29, 1.82) is 0 Å². The SMILES string of the molecule is CCOC(=O)/C=C\c1cccc(-c2cnc(Nc3ccc(F)c(Cl)c3)nc2NCCn2ccnc2)c1. The van der Waals surface area contributed by atoms with Crippen LogP contribution in [-0.4, -0.2) is 38.6 Å². The highest BCUT2D eigenvalue weighted by Gasteiger charge is 2.11. The third kappa shape index (κ3) is 6.67. The molecule has 0 atom stereocenters. The summed E-state index contributed by atoms with van der Waals surface area (Å²) in [6.45, 7) is 3.35. The van der Waals surface area contributed by atoms with Gasteiger partial charge >= 0.3 is 5.97 Å². The van der Waals surface area contributed by atoms with Crippen molar-refractivity contribution in [3.05, 3.63) is 89.9 Å². The summed E-state index contributed by atoms with van der Waals surface area (Å²) in [4.78, 5) is 24.8. The number of carbonyl (C=O) groups excluding carboxylic acids is 1. The molecule has 2 aromatic heterocycles. The van der Waals surface area contributed by atoms with Crippen molar-refractivity contribution in [3.63, 3.8) is 0 Å². The minimum atomic E-state index is -0.503. The van der Waals surface area contributed by atoms with Crippen molar-refractivity contribution < 1.29 is 13.9 Å². The molecule has 10 heteroatoms. The molecule has 0 saturated heterocycles. The maximum Gasteiger partial charge on any atom is 0.330 e. The number of anilines is 3. The zero-order valence-electron chi connectivity index (χ0n) is 19.5. The molecule has 2 N–H and O–H groups in total. The topological polar surface area (TPSA) is 94.0 Å². The van der Waals surface area contributed by atoms with Gasteiger partial charge in [0.15, 0.2) is 0 Å². The molecule has 0 amide bonds. The van der Waals surface area contributed by atoms with E-state index in [4.69, 9.17) is 16.3 Å². The van der Waals surface area contributed by atoms with Gasteiger partial charge in [0.25, 0.3) is 0 Å². The van der Waals surface area contributed by atoms with Gasteiger partial charge in [-0.3, -0.25) is 0 Å². The van der Waals surface area contributed by atoms with E-state index in [0.717, 1.165) is 16.7 Å². The lowest BCUT2D eigenvalue weighted by Crippen LogP contribution is -2.12. The smallest absolute Gasteiger partial charge is 0.330 e. The molecule has 2 heterocycles. The molecule has 0 unspecified atom stereocenters. The van der Waals surface area contributed by atoms with E-state index in [9.17, 15) is 9.18 Å². The highest BCUT2D eigenvalue weighted by Crippen LogP contribution is 2.29. The highest BCUT2D eigenvalue weighted by molar-refractivity contribution is 6.31. The first-order valence-corrected chi connectivity index (χ1v) is 11.6. The third-order valence-electron chi connectivity index (χ3n) is 5.08. The van der Waals surface area contributed by atoms with E-state index < -0.39 is 11.8 Å². The number of nitrogens with one attached hydrogen (secondary N) is 2. The van der Waals surface area contributed by atoms with Gasteiger partial charge in [0.2, 0.25) is 5.95 Å². The fourth-order valence-electron chi connectivity index (χ4n) is 3.38. The van der Waals surface area contributed by atoms with E-state index in [1.807, 2.05) is 35.0 Å². The Morgan fingerprint density at radius 3 is 2.92 bits per heavy atom. The Morgan fingerprint density at radius 2 is 2.14 bits per heavy atom. The number of imidazole rings is 1. The number of hydrogen-bond acceptors (Lipinski definition) is 7. The molecule has 2 aromatic carbocycles. The minimum absolute atomic E-state index is 0.00277. The lowest BCUT2D eigenvalue weighted by atomic mass is 10.0. The minimum Gasteiger partial charge on any atom is -0.463 e. The van der Waals surface area contributed by atoms with Gasteiger partial charge in [-0.2, -0.15) is 4.98 Å². The third-order valence-corrected chi connectivity index (χ3v) is 5.37. The highest BCUT2D eigenvalue weighted by atomic mass is 35.5. The molecule has 184 valence electrons. The number of halogens is 2. The second-order valence-corrected chi connectivity index (χ2v) is 8.06. The Balaban J connectivity index is 1.61. The monoisotopic (exact) mass is 506 g/mol. The van der Waals surface area contributed by atoms with Crippen molar-refractivity contribution >= 4 is 41.1 Å². The summed E-state index contributed by atoms with van der Waals surface area (Å²) in [5.41, 5.74) is 3.02. The van der Waals surface area contributed by atoms with Crippen molar-refractivity contribution in [2.75, 3.05) is 23.8 Å². The number of nitrogens with zero attached hydrogens (tertiary/aromatic N) is 4. The summed E-state index contributed by atoms with van der Waals surface area (Å²) >= 11 is 5.90. The van der Waals surface area contributed by atoms with Crippen LogP contribution in [0.25, 0.3) is 17.2 Å². The van der Waals surface area contributed by atoms with Crippen LogP contribution in [0.2, 0.25) is 5.02 Å². The molecule has 0 spiro atoms. The Kier molecular flexibility index (Phi) is 8.25. The molecule has 4 aromatic rings. The van der Waals surface area contributed by atoms with Crippen LogP contribution < -0.4 is 10.6 Å². The number of hydrogen-bond donors (Lipinski definition) is 2. The Hall–Kier alpha value is -4.24. The van der Waals surface area contributed by atoms with E-state index in [1.54, 1.807) is 37.8 Å². The van der Waals surface area contributed by atoms with Crippen LogP contribution in [0, 0.1) is 5.82 Å². The molecule has 0 saturated carbocycles. The van der Waals surface area contributed by atoms with E-state index in [0.29, 0.717) is 37.1 Å². The van der Waals surface area contributed by atoms with Crippen LogP contribution in [-0.2, 0) is 16.1 Å². The average molecular weight is 507 g/mol. The van der Waals surface area contributed by atoms with Crippen LogP contribution in [0.5, 0.6) is 0 Å². The molecule has 0 aliphatic rings. The standard InChI is InChI=1S/C26H24ClFN6O2/c1-2-36-24(35)9-6-18-4-3-5-19(14-18)21-16-31-26(32-20-7-8-23(28)22(27)15-20)33-25(21)30-11-13-34-12-10-29-17-34/h3-10,12,14-17H,2,11,13H2,1H3,(H2,30,31,32,33)/b9-6-. The largest absolute Gasteiger partial charge is 0.463 e. The van der Waals surface area contributed by atoms with Gasteiger partial charge in [-0.25, -0.2) is 19.2 Å². The number of esters is 1. The second-order valence-electron chi connectivity index (χ2n) is 7.65. The summed E-state index contributed by atoms with van der Waals surface area (Å²) in [7, 11) is 0. The molecular formula is C26H24ClFN6O2. The van der Waals surface area contributed by atoms with Gasteiger partial charge in [-0.1, -0.05) is 29.8 Å². The van der Waals surface area contributed by atoms with Gasteiger partial charge < -0.3 is 19.9 Å². The van der Waals surface area contributed by atoms with Crippen molar-refractivity contribution in [1.82, 2.24) is 19.5 Å². The van der Waals surface area contributed by atoms with Crippen LogP contribution in [0.4, 0.5) is 21.8 Å². The number of rotatable bonds is 10. The summed E-state index contributed by atoms with van der Waals surface area (Å²) in [5.74, 6) is 0.0268. The molecule has 0 aliphatic heterocycles. The molecular weight excluding hydrogens is 483 g/mol. The van der Waals surface area contributed by atoms with E-state index in [2.05, 4.69) is 25.6 Å². The first kappa shape index (κ1) is 24.9. The number of aromatic nitrogens is 4. The fraction of sp³-hybridized carbons (Fsp3) is 0.154. The predicted octanol–water partition coefficient (Wildman–Crippen LogP) is 5.56. The summed E-state index contributed by atoms with van der Waals surface area (Å²) < 4.78 is 20.4. The number of ether oxygens (including phenoxy) is 1. The second kappa shape index (κ2) is 11.9. The van der Waals surface area contributed by atoms with Gasteiger partial charge in [0.1, 0.15) is 11.6 Å². The fourth-order valence-corrected chi connectivity index (χ4v) is 3.56. The normalized spacial score (nSPS) is 11.0. The van der Waals surface area contributed by atoms with Crippen LogP contribution >= 0.6 is 11.6 Å². The van der Waals surface area contributed by atoms with E-state index >= 15 is 0 Å². The van der Waals surface area contributed by atoms with Crippen LogP contribution in [0.15, 0.2) is 73.5 Å². The molecule has 8 nitrogen and oxygen atoms in total. The Labute approximate surface area is 212 Å². The summed E-state index contributed by atoms with van der Waals surface area (Å²) in [6.07, 6.45) is 10.1. The average Bonchev–Trinajstić information content (AvgIpc) is 3.39. The molecule has 4 rings (SSSR count). The van der Waals surface area contributed by atoms with Crippen molar-refractivity contribution in [3.8, 4) is 11.1 Å². The maximum atomic E-state index is 13.5. The summed E-state index contributed by atoms with van der Waals surface area (Å²) in [5, 5.41) is 6.43. The van der Waals surface area contributed by atoms with Crippen molar-refractivity contribution in [2.45, 2.75) is 13.5 Å².